The van der Waals surface area contributed by atoms with E-state index in [4.69, 9.17) is 0 Å². The first-order chi connectivity index (χ1) is 5.34. The maximum atomic E-state index is 11.3. The number of hydrogen-bond acceptors (Lipinski definition) is 2. The Balaban J connectivity index is 2.78. The summed E-state index contributed by atoms with van der Waals surface area (Å²) in [6.07, 6.45) is 0.547. The van der Waals surface area contributed by atoms with E-state index >= 15 is 0 Å². The third-order valence-electron chi connectivity index (χ3n) is 3.26. The average molecular weight is 170 g/mol. The first-order valence-corrected chi connectivity index (χ1v) is 4.59. The predicted molar refractivity (Wildman–Crippen MR) is 47.7 cm³/mol. The van der Waals surface area contributed by atoms with E-state index in [1.807, 2.05) is 6.92 Å². The number of ketones is 1. The van der Waals surface area contributed by atoms with Crippen LogP contribution in [0, 0.1) is 17.8 Å². The maximum Gasteiger partial charge on any atom is 0.136 e. The summed E-state index contributed by atoms with van der Waals surface area (Å²) in [5, 5.41) is 9.77. The topological polar surface area (TPSA) is 37.3 Å². The third-order valence-corrected chi connectivity index (χ3v) is 3.26. The molecule has 1 rings (SSSR count). The Bertz CT molecular complexity index is 191. The van der Waals surface area contributed by atoms with Crippen LogP contribution in [0.15, 0.2) is 0 Å². The van der Waals surface area contributed by atoms with E-state index in [0.29, 0.717) is 18.1 Å². The minimum Gasteiger partial charge on any atom is -0.390 e. The summed E-state index contributed by atoms with van der Waals surface area (Å²) >= 11 is 0. The Hall–Kier alpha value is -0.370. The lowest BCUT2D eigenvalue weighted by Gasteiger charge is -2.29. The molecule has 2 nitrogen and oxygen atoms in total. The number of aliphatic hydroxyl groups is 1. The van der Waals surface area contributed by atoms with Gasteiger partial charge >= 0.3 is 0 Å². The minimum absolute atomic E-state index is 0.126. The van der Waals surface area contributed by atoms with Gasteiger partial charge in [0.1, 0.15) is 5.78 Å². The van der Waals surface area contributed by atoms with Gasteiger partial charge in [-0.1, -0.05) is 13.8 Å². The van der Waals surface area contributed by atoms with Gasteiger partial charge in [0.05, 0.1) is 5.60 Å². The van der Waals surface area contributed by atoms with E-state index in [9.17, 15) is 9.90 Å². The quantitative estimate of drug-likeness (QED) is 0.649. The molecule has 0 saturated heterocycles. The molecule has 0 amide bonds. The van der Waals surface area contributed by atoms with E-state index in [2.05, 4.69) is 6.92 Å². The van der Waals surface area contributed by atoms with Gasteiger partial charge in [-0.15, -0.1) is 0 Å². The molecule has 0 aromatic heterocycles. The van der Waals surface area contributed by atoms with Crippen LogP contribution in [0.2, 0.25) is 0 Å². The highest BCUT2D eigenvalue weighted by Crippen LogP contribution is 2.39. The summed E-state index contributed by atoms with van der Waals surface area (Å²) < 4.78 is 0. The predicted octanol–water partition coefficient (Wildman–Crippen LogP) is 1.62. The molecular weight excluding hydrogens is 152 g/mol. The second-order valence-corrected chi connectivity index (χ2v) is 4.58. The second kappa shape index (κ2) is 2.84. The normalized spacial score (nSPS) is 37.4. The molecule has 1 N–H and O–H groups in total. The summed E-state index contributed by atoms with van der Waals surface area (Å²) in [5.74, 6) is 0.883. The lowest BCUT2D eigenvalue weighted by molar-refractivity contribution is -0.121. The van der Waals surface area contributed by atoms with Gasteiger partial charge < -0.3 is 5.11 Å². The fourth-order valence-corrected chi connectivity index (χ4v) is 2.12. The van der Waals surface area contributed by atoms with E-state index < -0.39 is 5.60 Å². The SMILES string of the molecule is CC1C(=O)CC(C(C)(C)O)C1C. The van der Waals surface area contributed by atoms with E-state index in [1.165, 1.54) is 0 Å². The van der Waals surface area contributed by atoms with Crippen LogP contribution in [0.1, 0.15) is 34.1 Å². The zero-order valence-corrected chi connectivity index (χ0v) is 8.29. The van der Waals surface area contributed by atoms with Crippen LogP contribution >= 0.6 is 0 Å². The Morgan fingerprint density at radius 3 is 2.08 bits per heavy atom. The molecule has 0 spiro atoms. The summed E-state index contributed by atoms with van der Waals surface area (Å²) in [6, 6.07) is 0. The smallest absolute Gasteiger partial charge is 0.136 e. The van der Waals surface area contributed by atoms with E-state index in [0.717, 1.165) is 0 Å². The zero-order chi connectivity index (χ0) is 9.52. The molecular formula is C10H18O2. The van der Waals surface area contributed by atoms with Crippen LogP contribution < -0.4 is 0 Å². The van der Waals surface area contributed by atoms with Crippen molar-refractivity contribution in [2.24, 2.45) is 17.8 Å². The standard InChI is InChI=1S/C10H18O2/c1-6-7(2)9(11)5-8(6)10(3,4)12/h6-8,12H,5H2,1-4H3. The molecule has 0 radical (unpaired) electrons. The Labute approximate surface area is 74.0 Å². The zero-order valence-electron chi connectivity index (χ0n) is 8.29. The number of carbonyl (C=O) groups is 1. The van der Waals surface area contributed by atoms with Crippen molar-refractivity contribution in [2.45, 2.75) is 39.7 Å². The Morgan fingerprint density at radius 1 is 1.42 bits per heavy atom. The van der Waals surface area contributed by atoms with Gasteiger partial charge in [-0.25, -0.2) is 0 Å². The highest BCUT2D eigenvalue weighted by Gasteiger charge is 2.43. The highest BCUT2D eigenvalue weighted by molar-refractivity contribution is 5.83. The third kappa shape index (κ3) is 1.53. The van der Waals surface area contributed by atoms with Gasteiger partial charge in [-0.2, -0.15) is 0 Å². The van der Waals surface area contributed by atoms with Gasteiger partial charge in [0.15, 0.2) is 0 Å². The molecule has 3 unspecified atom stereocenters. The van der Waals surface area contributed by atoms with Gasteiger partial charge in [-0.3, -0.25) is 4.79 Å². The molecule has 3 atom stereocenters. The van der Waals surface area contributed by atoms with Gasteiger partial charge in [0.2, 0.25) is 0 Å². The first-order valence-electron chi connectivity index (χ1n) is 4.59. The van der Waals surface area contributed by atoms with Crippen LogP contribution in [0.25, 0.3) is 0 Å². The average Bonchev–Trinajstić information content (AvgIpc) is 2.15. The molecule has 1 aliphatic rings. The fourth-order valence-electron chi connectivity index (χ4n) is 2.12. The van der Waals surface area contributed by atoms with Crippen molar-refractivity contribution in [2.75, 3.05) is 0 Å². The minimum atomic E-state index is -0.708. The van der Waals surface area contributed by atoms with Crippen LogP contribution in [-0.4, -0.2) is 16.5 Å². The van der Waals surface area contributed by atoms with Crippen LogP contribution in [0.4, 0.5) is 0 Å². The van der Waals surface area contributed by atoms with Crippen molar-refractivity contribution in [3.05, 3.63) is 0 Å². The molecule has 0 aromatic carbocycles. The summed E-state index contributed by atoms with van der Waals surface area (Å²) in [6.45, 7) is 7.59. The van der Waals surface area contributed by atoms with Crippen molar-refractivity contribution >= 4 is 5.78 Å². The summed E-state index contributed by atoms with van der Waals surface area (Å²) in [4.78, 5) is 11.3. The number of carbonyl (C=O) groups excluding carboxylic acids is 1. The molecule has 0 aliphatic heterocycles. The summed E-state index contributed by atoms with van der Waals surface area (Å²) in [5.41, 5.74) is -0.708. The fraction of sp³-hybridized carbons (Fsp3) is 0.900. The number of rotatable bonds is 1. The molecule has 2 heteroatoms. The lowest BCUT2D eigenvalue weighted by atomic mass is 9.81. The van der Waals surface area contributed by atoms with E-state index in [1.54, 1.807) is 13.8 Å². The van der Waals surface area contributed by atoms with Crippen LogP contribution in [0.3, 0.4) is 0 Å². The highest BCUT2D eigenvalue weighted by atomic mass is 16.3. The van der Waals surface area contributed by atoms with E-state index in [-0.39, 0.29) is 11.8 Å². The molecule has 12 heavy (non-hydrogen) atoms. The molecule has 0 heterocycles. The molecule has 1 fully saturated rings. The molecule has 1 aliphatic carbocycles. The first kappa shape index (κ1) is 9.72. The molecule has 1 saturated carbocycles. The van der Waals surface area contributed by atoms with Crippen LogP contribution in [0.5, 0.6) is 0 Å². The maximum absolute atomic E-state index is 11.3. The monoisotopic (exact) mass is 170 g/mol. The van der Waals surface area contributed by atoms with Gasteiger partial charge in [0, 0.05) is 12.3 Å². The Morgan fingerprint density at radius 2 is 1.92 bits per heavy atom. The van der Waals surface area contributed by atoms with Gasteiger partial charge in [-0.05, 0) is 25.7 Å². The van der Waals surface area contributed by atoms with Crippen LogP contribution in [-0.2, 0) is 4.79 Å². The molecule has 0 bridgehead atoms. The largest absolute Gasteiger partial charge is 0.390 e. The number of Topliss-reactive ketones (excluding diaryl/α,β-unsaturated/α-hetero) is 1. The second-order valence-electron chi connectivity index (χ2n) is 4.58. The molecule has 70 valence electrons. The number of hydrogen-bond donors (Lipinski definition) is 1. The van der Waals surface area contributed by atoms with Crippen molar-refractivity contribution in [1.29, 1.82) is 0 Å². The molecule has 0 aromatic rings. The van der Waals surface area contributed by atoms with Crippen molar-refractivity contribution in [1.82, 2.24) is 0 Å². The lowest BCUT2D eigenvalue weighted by Crippen LogP contribution is -2.33. The van der Waals surface area contributed by atoms with Gasteiger partial charge in [0.25, 0.3) is 0 Å². The van der Waals surface area contributed by atoms with Crippen molar-refractivity contribution < 1.29 is 9.90 Å². The Kier molecular flexibility index (Phi) is 2.30. The van der Waals surface area contributed by atoms with Crippen molar-refractivity contribution in [3.8, 4) is 0 Å². The summed E-state index contributed by atoms with van der Waals surface area (Å²) in [7, 11) is 0. The van der Waals surface area contributed by atoms with Crippen molar-refractivity contribution in [3.63, 3.8) is 0 Å².